The third-order valence-corrected chi connectivity index (χ3v) is 5.68. The molecule has 0 unspecified atom stereocenters. The van der Waals surface area contributed by atoms with Gasteiger partial charge < -0.3 is 14.8 Å². The van der Waals surface area contributed by atoms with Crippen molar-refractivity contribution in [3.8, 4) is 11.5 Å². The molecule has 1 fully saturated rings. The topological polar surface area (TPSA) is 50.8 Å². The quantitative estimate of drug-likeness (QED) is 0.723. The zero-order valence-electron chi connectivity index (χ0n) is 16.0. The largest absolute Gasteiger partial charge is 0.497 e. The maximum atomic E-state index is 12.7. The number of para-hydroxylation sites is 1. The number of benzene rings is 2. The number of carbonyl (C=O) groups excluding carboxylic acids is 1. The first-order valence-electron chi connectivity index (χ1n) is 9.05. The number of thioether (sulfide) groups is 1. The number of nitrogens with zero attached hydrogens (tertiary/aromatic N) is 1. The van der Waals surface area contributed by atoms with E-state index in [1.165, 1.54) is 0 Å². The number of carbonyl (C=O) groups is 1. The predicted octanol–water partition coefficient (Wildman–Crippen LogP) is 4.20. The van der Waals surface area contributed by atoms with Crippen molar-refractivity contribution >= 4 is 23.4 Å². The zero-order chi connectivity index (χ0) is 19.2. The highest BCUT2D eigenvalue weighted by Gasteiger charge is 2.30. The van der Waals surface area contributed by atoms with Crippen molar-refractivity contribution in [2.75, 3.05) is 38.9 Å². The van der Waals surface area contributed by atoms with Gasteiger partial charge in [-0.1, -0.05) is 12.1 Å². The maximum absolute atomic E-state index is 12.7. The molecule has 1 aliphatic rings. The highest BCUT2D eigenvalue weighted by molar-refractivity contribution is 7.98. The van der Waals surface area contributed by atoms with Crippen LogP contribution in [0.3, 0.4) is 0 Å². The summed E-state index contributed by atoms with van der Waals surface area (Å²) in [5, 5.41) is 3.05. The van der Waals surface area contributed by atoms with Crippen LogP contribution in [0.2, 0.25) is 0 Å². The van der Waals surface area contributed by atoms with Crippen molar-refractivity contribution in [2.24, 2.45) is 0 Å². The van der Waals surface area contributed by atoms with Crippen LogP contribution >= 0.6 is 11.8 Å². The van der Waals surface area contributed by atoms with Crippen molar-refractivity contribution in [2.45, 2.75) is 23.8 Å². The molecule has 3 rings (SSSR count). The van der Waals surface area contributed by atoms with Gasteiger partial charge in [-0.3, -0.25) is 9.69 Å². The molecule has 1 N–H and O–H groups in total. The summed E-state index contributed by atoms with van der Waals surface area (Å²) >= 11 is 1.63. The highest BCUT2D eigenvalue weighted by atomic mass is 32.2. The molecule has 1 atom stereocenters. The molecule has 0 bridgehead atoms. The number of anilines is 1. The Morgan fingerprint density at radius 3 is 2.78 bits per heavy atom. The third kappa shape index (κ3) is 4.57. The van der Waals surface area contributed by atoms with Gasteiger partial charge in [-0.2, -0.15) is 0 Å². The summed E-state index contributed by atoms with van der Waals surface area (Å²) in [6.07, 6.45) is 4.06. The number of amides is 1. The van der Waals surface area contributed by atoms with Gasteiger partial charge in [-0.15, -0.1) is 11.8 Å². The second-order valence-corrected chi connectivity index (χ2v) is 7.33. The Morgan fingerprint density at radius 1 is 1.22 bits per heavy atom. The Bertz CT molecular complexity index is 797. The molecular formula is C21H26N2O3S. The van der Waals surface area contributed by atoms with Crippen LogP contribution in [0.4, 0.5) is 5.69 Å². The molecule has 2 aromatic carbocycles. The molecule has 0 spiro atoms. The maximum Gasteiger partial charge on any atom is 0.238 e. The summed E-state index contributed by atoms with van der Waals surface area (Å²) in [4.78, 5) is 16.0. The van der Waals surface area contributed by atoms with E-state index in [-0.39, 0.29) is 11.9 Å². The van der Waals surface area contributed by atoms with Gasteiger partial charge in [0, 0.05) is 16.5 Å². The molecule has 1 heterocycles. The van der Waals surface area contributed by atoms with Crippen LogP contribution in [0, 0.1) is 0 Å². The lowest BCUT2D eigenvalue weighted by atomic mass is 10.0. The second kappa shape index (κ2) is 9.15. The minimum absolute atomic E-state index is 0.00487. The van der Waals surface area contributed by atoms with E-state index >= 15 is 0 Å². The number of hydrogen-bond acceptors (Lipinski definition) is 5. The van der Waals surface area contributed by atoms with Crippen molar-refractivity contribution in [3.63, 3.8) is 0 Å². The van der Waals surface area contributed by atoms with Gasteiger partial charge >= 0.3 is 0 Å². The van der Waals surface area contributed by atoms with Gasteiger partial charge in [0.15, 0.2) is 0 Å². The number of methoxy groups -OCH3 is 2. The second-order valence-electron chi connectivity index (χ2n) is 6.48. The van der Waals surface area contributed by atoms with E-state index in [0.29, 0.717) is 6.54 Å². The summed E-state index contributed by atoms with van der Waals surface area (Å²) in [5.41, 5.74) is 1.94. The number of likely N-dealkylation sites (tertiary alicyclic amines) is 1. The monoisotopic (exact) mass is 386 g/mol. The molecule has 0 aromatic heterocycles. The van der Waals surface area contributed by atoms with Crippen LogP contribution in [0.1, 0.15) is 24.4 Å². The lowest BCUT2D eigenvalue weighted by molar-refractivity contribution is -0.117. The summed E-state index contributed by atoms with van der Waals surface area (Å²) in [6.45, 7) is 1.25. The standard InChI is InChI=1S/C21H26N2O3S/c1-25-15-10-11-19(26-2)16(13-15)18-8-6-12-23(18)14-21(24)22-17-7-4-5-9-20(17)27-3/h4-5,7,9-11,13,18H,6,8,12,14H2,1-3H3,(H,22,24)/t18-/m1/s1. The van der Waals surface area contributed by atoms with E-state index in [1.54, 1.807) is 26.0 Å². The molecule has 0 aliphatic carbocycles. The average Bonchev–Trinajstić information content (AvgIpc) is 3.15. The van der Waals surface area contributed by atoms with Gasteiger partial charge in [0.1, 0.15) is 11.5 Å². The molecule has 2 aromatic rings. The summed E-state index contributed by atoms with van der Waals surface area (Å²) in [5.74, 6) is 1.64. The van der Waals surface area contributed by atoms with E-state index in [1.807, 2.05) is 48.7 Å². The Balaban J connectivity index is 1.74. The number of hydrogen-bond donors (Lipinski definition) is 1. The predicted molar refractivity (Wildman–Crippen MR) is 110 cm³/mol. The molecule has 0 saturated carbocycles. The van der Waals surface area contributed by atoms with Gasteiger partial charge in [-0.25, -0.2) is 0 Å². The van der Waals surface area contributed by atoms with Gasteiger partial charge in [0.25, 0.3) is 0 Å². The Kier molecular flexibility index (Phi) is 6.63. The van der Waals surface area contributed by atoms with Crippen LogP contribution < -0.4 is 14.8 Å². The summed E-state index contributed by atoms with van der Waals surface area (Å²) in [6, 6.07) is 13.9. The zero-order valence-corrected chi connectivity index (χ0v) is 16.8. The first-order chi connectivity index (χ1) is 13.2. The number of nitrogens with one attached hydrogen (secondary N) is 1. The highest BCUT2D eigenvalue weighted by Crippen LogP contribution is 2.38. The lowest BCUT2D eigenvalue weighted by Gasteiger charge is -2.26. The van der Waals surface area contributed by atoms with Crippen molar-refractivity contribution < 1.29 is 14.3 Å². The fourth-order valence-electron chi connectivity index (χ4n) is 3.59. The van der Waals surface area contributed by atoms with Crippen LogP contribution in [0.25, 0.3) is 0 Å². The fraction of sp³-hybridized carbons (Fsp3) is 0.381. The summed E-state index contributed by atoms with van der Waals surface area (Å²) < 4.78 is 10.9. The van der Waals surface area contributed by atoms with Crippen molar-refractivity contribution in [3.05, 3.63) is 48.0 Å². The van der Waals surface area contributed by atoms with Gasteiger partial charge in [0.2, 0.25) is 5.91 Å². The third-order valence-electron chi connectivity index (χ3n) is 4.89. The van der Waals surface area contributed by atoms with Gasteiger partial charge in [0.05, 0.1) is 26.5 Å². The molecule has 1 aliphatic heterocycles. The van der Waals surface area contributed by atoms with E-state index in [2.05, 4.69) is 10.2 Å². The summed E-state index contributed by atoms with van der Waals surface area (Å²) in [7, 11) is 3.34. The number of ether oxygens (including phenoxy) is 2. The SMILES string of the molecule is COc1ccc(OC)c([C@H]2CCCN2CC(=O)Nc2ccccc2SC)c1. The minimum atomic E-state index is 0.00487. The van der Waals surface area contributed by atoms with E-state index in [9.17, 15) is 4.79 Å². The smallest absolute Gasteiger partial charge is 0.238 e. The Morgan fingerprint density at radius 2 is 2.04 bits per heavy atom. The van der Waals surface area contributed by atoms with E-state index in [0.717, 1.165) is 47.0 Å². The first kappa shape index (κ1) is 19.6. The van der Waals surface area contributed by atoms with Crippen LogP contribution in [-0.2, 0) is 4.79 Å². The molecule has 5 nitrogen and oxygen atoms in total. The van der Waals surface area contributed by atoms with Crippen molar-refractivity contribution in [1.29, 1.82) is 0 Å². The van der Waals surface area contributed by atoms with Gasteiger partial charge in [-0.05, 0) is 56.0 Å². The molecule has 0 radical (unpaired) electrons. The van der Waals surface area contributed by atoms with E-state index in [4.69, 9.17) is 9.47 Å². The van der Waals surface area contributed by atoms with E-state index < -0.39 is 0 Å². The normalized spacial score (nSPS) is 16.9. The Labute approximate surface area is 165 Å². The van der Waals surface area contributed by atoms with Crippen LogP contribution in [-0.4, -0.2) is 44.4 Å². The molecule has 1 saturated heterocycles. The molecule has 27 heavy (non-hydrogen) atoms. The first-order valence-corrected chi connectivity index (χ1v) is 10.3. The number of rotatable bonds is 7. The molecule has 144 valence electrons. The average molecular weight is 387 g/mol. The lowest BCUT2D eigenvalue weighted by Crippen LogP contribution is -2.33. The molecule has 6 heteroatoms. The van der Waals surface area contributed by atoms with Crippen LogP contribution in [0.5, 0.6) is 11.5 Å². The fourth-order valence-corrected chi connectivity index (χ4v) is 4.14. The molecular weight excluding hydrogens is 360 g/mol. The van der Waals surface area contributed by atoms with Crippen LogP contribution in [0.15, 0.2) is 47.4 Å². The molecule has 1 amide bonds. The minimum Gasteiger partial charge on any atom is -0.497 e. The van der Waals surface area contributed by atoms with Crippen molar-refractivity contribution in [1.82, 2.24) is 4.90 Å². The Hall–Kier alpha value is -2.18.